The lowest BCUT2D eigenvalue weighted by Crippen LogP contribution is -2.52. The molecule has 0 aliphatic rings. The molecule has 0 saturated heterocycles. The van der Waals surface area contributed by atoms with E-state index in [2.05, 4.69) is 10.3 Å². The number of benzene rings is 4. The molecule has 0 unspecified atom stereocenters. The fraction of sp³-hybridized carbons (Fsp3) is 0.0741. The maximum Gasteiger partial charge on any atom is 0.257 e. The molecule has 10 heteroatoms. The van der Waals surface area contributed by atoms with Gasteiger partial charge in [-0.2, -0.15) is 0 Å². The molecule has 4 aromatic rings. The lowest BCUT2D eigenvalue weighted by Gasteiger charge is -2.34. The number of phenols is 1. The molecule has 0 aliphatic heterocycles. The molecule has 37 heavy (non-hydrogen) atoms. The maximum absolute atomic E-state index is 14.0. The molecular formula is C27H22F2N2O5S. The smallest absolute Gasteiger partial charge is 0.257 e. The maximum atomic E-state index is 14.0. The third-order valence-electron chi connectivity index (χ3n) is 5.86. The van der Waals surface area contributed by atoms with Crippen molar-refractivity contribution in [2.45, 2.75) is 10.3 Å². The number of methoxy groups -OCH3 is 1. The van der Waals surface area contributed by atoms with Crippen LogP contribution in [-0.4, -0.2) is 26.5 Å². The summed E-state index contributed by atoms with van der Waals surface area (Å²) in [4.78, 5) is 16.0. The van der Waals surface area contributed by atoms with Gasteiger partial charge in [0.25, 0.3) is 15.9 Å². The molecule has 0 saturated carbocycles. The van der Waals surface area contributed by atoms with E-state index in [4.69, 9.17) is 4.74 Å². The summed E-state index contributed by atoms with van der Waals surface area (Å²) in [6.45, 7) is 0. The number of sulfonamides is 1. The first-order chi connectivity index (χ1) is 17.7. The highest BCUT2D eigenvalue weighted by molar-refractivity contribution is 7.89. The lowest BCUT2D eigenvalue weighted by atomic mass is 9.68. The largest absolute Gasteiger partial charge is 0.508 e. The van der Waals surface area contributed by atoms with Gasteiger partial charge in [-0.1, -0.05) is 36.4 Å². The van der Waals surface area contributed by atoms with Crippen LogP contribution in [0.4, 0.5) is 8.78 Å². The number of halogens is 2. The van der Waals surface area contributed by atoms with Crippen LogP contribution in [0.1, 0.15) is 16.7 Å². The number of hydrogen-bond acceptors (Lipinski definition) is 5. The normalized spacial score (nSPS) is 11.6. The Hall–Kier alpha value is -4.28. The van der Waals surface area contributed by atoms with Gasteiger partial charge in [0, 0.05) is 0 Å². The number of aromatic hydroxyl groups is 1. The van der Waals surface area contributed by atoms with Crippen molar-refractivity contribution < 1.29 is 31.8 Å². The Kier molecular flexibility index (Phi) is 7.23. The second kappa shape index (κ2) is 10.4. The van der Waals surface area contributed by atoms with Crippen molar-refractivity contribution in [2.75, 3.05) is 7.11 Å². The van der Waals surface area contributed by atoms with Crippen molar-refractivity contribution in [3.8, 4) is 11.5 Å². The summed E-state index contributed by atoms with van der Waals surface area (Å²) in [5.74, 6) is -1.59. The van der Waals surface area contributed by atoms with Gasteiger partial charge in [-0.25, -0.2) is 17.2 Å². The summed E-state index contributed by atoms with van der Waals surface area (Å²) in [7, 11) is -2.76. The summed E-state index contributed by atoms with van der Waals surface area (Å²) in [5, 5.41) is 9.85. The molecule has 0 radical (unpaired) electrons. The fourth-order valence-corrected chi connectivity index (χ4v) is 4.86. The molecule has 3 N–H and O–H groups in total. The van der Waals surface area contributed by atoms with Crippen LogP contribution in [0.25, 0.3) is 0 Å². The van der Waals surface area contributed by atoms with Crippen molar-refractivity contribution in [1.29, 1.82) is 0 Å². The number of ether oxygens (including phenoxy) is 1. The van der Waals surface area contributed by atoms with E-state index in [1.807, 2.05) is 0 Å². The zero-order valence-electron chi connectivity index (χ0n) is 19.5. The van der Waals surface area contributed by atoms with Crippen LogP contribution in [0.3, 0.4) is 0 Å². The van der Waals surface area contributed by atoms with Crippen molar-refractivity contribution in [1.82, 2.24) is 10.3 Å². The minimum absolute atomic E-state index is 0.0727. The number of amides is 1. The summed E-state index contributed by atoms with van der Waals surface area (Å²) in [6, 6.07) is 21.3. The molecule has 1 amide bonds. The quantitative estimate of drug-likeness (QED) is 0.239. The van der Waals surface area contributed by atoms with Crippen LogP contribution in [-0.2, 0) is 20.2 Å². The Morgan fingerprint density at radius 1 is 0.757 bits per heavy atom. The van der Waals surface area contributed by atoms with Crippen LogP contribution >= 0.6 is 0 Å². The van der Waals surface area contributed by atoms with Gasteiger partial charge in [-0.3, -0.25) is 10.2 Å². The highest BCUT2D eigenvalue weighted by atomic mass is 32.2. The molecule has 0 bridgehead atoms. The molecule has 0 heterocycles. The van der Waals surface area contributed by atoms with E-state index in [0.717, 1.165) is 24.3 Å². The molecule has 0 atom stereocenters. The van der Waals surface area contributed by atoms with E-state index in [1.54, 1.807) is 0 Å². The molecule has 190 valence electrons. The fourth-order valence-electron chi connectivity index (χ4n) is 4.03. The topological polar surface area (TPSA) is 105 Å². The highest BCUT2D eigenvalue weighted by Gasteiger charge is 2.44. The minimum Gasteiger partial charge on any atom is -0.508 e. The molecule has 0 aromatic heterocycles. The Bertz CT molecular complexity index is 1380. The average molecular weight is 525 g/mol. The van der Waals surface area contributed by atoms with Crippen LogP contribution in [0.15, 0.2) is 102 Å². The first kappa shape index (κ1) is 25.8. The van der Waals surface area contributed by atoms with Crippen LogP contribution < -0.4 is 15.0 Å². The van der Waals surface area contributed by atoms with Crippen LogP contribution in [0.5, 0.6) is 11.5 Å². The van der Waals surface area contributed by atoms with Crippen molar-refractivity contribution in [2.24, 2.45) is 0 Å². The third-order valence-corrected chi connectivity index (χ3v) is 7.13. The second-order valence-electron chi connectivity index (χ2n) is 8.05. The molecule has 4 aromatic carbocycles. The number of carbonyl (C=O) groups is 1. The van der Waals surface area contributed by atoms with Gasteiger partial charge in [0.15, 0.2) is 0 Å². The molecule has 0 fully saturated rings. The van der Waals surface area contributed by atoms with Crippen molar-refractivity contribution >= 4 is 15.9 Å². The van der Waals surface area contributed by atoms with Gasteiger partial charge >= 0.3 is 0 Å². The summed E-state index contributed by atoms with van der Waals surface area (Å²) in [5.41, 5.74) is 1.36. The number of carbonyl (C=O) groups excluding carboxylic acids is 1. The van der Waals surface area contributed by atoms with Gasteiger partial charge in [0.1, 0.15) is 28.5 Å². The number of hydrogen-bond donors (Lipinski definition) is 3. The number of nitrogens with one attached hydrogen (secondary N) is 2. The highest BCUT2D eigenvalue weighted by Crippen LogP contribution is 2.40. The predicted octanol–water partition coefficient (Wildman–Crippen LogP) is 4.02. The van der Waals surface area contributed by atoms with E-state index >= 15 is 0 Å². The van der Waals surface area contributed by atoms with E-state index < -0.39 is 33.0 Å². The summed E-state index contributed by atoms with van der Waals surface area (Å²) >= 11 is 0. The van der Waals surface area contributed by atoms with E-state index in [1.165, 1.54) is 79.9 Å². The van der Waals surface area contributed by atoms with Gasteiger partial charge in [0.2, 0.25) is 0 Å². The van der Waals surface area contributed by atoms with Gasteiger partial charge in [-0.15, -0.1) is 4.83 Å². The third kappa shape index (κ3) is 5.16. The monoisotopic (exact) mass is 524 g/mol. The Morgan fingerprint density at radius 3 is 1.62 bits per heavy atom. The SMILES string of the molecule is COc1ccc(S(=O)(=O)NNC(=O)C(c2ccc(O)cc2)(c2ccc(F)cc2)c2ccc(F)cc2)cc1. The summed E-state index contributed by atoms with van der Waals surface area (Å²) < 4.78 is 58.6. The first-order valence-corrected chi connectivity index (χ1v) is 12.4. The van der Waals surface area contributed by atoms with Crippen LogP contribution in [0, 0.1) is 11.6 Å². The number of phenolic OH excluding ortho intramolecular Hbond substituents is 1. The van der Waals surface area contributed by atoms with E-state index in [0.29, 0.717) is 11.3 Å². The molecular weight excluding hydrogens is 502 g/mol. The van der Waals surface area contributed by atoms with Crippen molar-refractivity contribution in [3.63, 3.8) is 0 Å². The van der Waals surface area contributed by atoms with Gasteiger partial charge in [0.05, 0.1) is 12.0 Å². The van der Waals surface area contributed by atoms with E-state index in [9.17, 15) is 27.1 Å². The standard InChI is InChI=1S/C27H22F2N2O5S/c1-36-24-14-16-25(17-15-24)37(34,35)31-30-26(33)27(18-2-8-21(28)9-3-18,19-4-10-22(29)11-5-19)20-6-12-23(32)13-7-20/h2-17,31-32H,1H3,(H,30,33). The Labute approximate surface area is 212 Å². The number of hydrazine groups is 1. The van der Waals surface area contributed by atoms with E-state index in [-0.39, 0.29) is 21.8 Å². The average Bonchev–Trinajstić information content (AvgIpc) is 2.91. The first-order valence-electron chi connectivity index (χ1n) is 10.9. The molecule has 0 spiro atoms. The lowest BCUT2D eigenvalue weighted by molar-refractivity contribution is -0.124. The summed E-state index contributed by atoms with van der Waals surface area (Å²) in [6.07, 6.45) is 0. The number of rotatable bonds is 8. The Morgan fingerprint density at radius 2 is 1.19 bits per heavy atom. The molecule has 7 nitrogen and oxygen atoms in total. The van der Waals surface area contributed by atoms with Crippen LogP contribution in [0.2, 0.25) is 0 Å². The van der Waals surface area contributed by atoms with Gasteiger partial charge < -0.3 is 9.84 Å². The zero-order chi connectivity index (χ0) is 26.6. The molecule has 0 aliphatic carbocycles. The zero-order valence-corrected chi connectivity index (χ0v) is 20.3. The van der Waals surface area contributed by atoms with Crippen molar-refractivity contribution in [3.05, 3.63) is 125 Å². The second-order valence-corrected chi connectivity index (χ2v) is 9.73. The predicted molar refractivity (Wildman–Crippen MR) is 132 cm³/mol. The Balaban J connectivity index is 1.83. The van der Waals surface area contributed by atoms with Gasteiger partial charge in [-0.05, 0) is 77.4 Å². The minimum atomic E-state index is -4.20. The molecule has 4 rings (SSSR count).